The van der Waals surface area contributed by atoms with Gasteiger partial charge in [-0.25, -0.2) is 23.1 Å². The summed E-state index contributed by atoms with van der Waals surface area (Å²) in [4.78, 5) is 56.9. The number of para-hydroxylation sites is 1. The van der Waals surface area contributed by atoms with Gasteiger partial charge in [-0.3, -0.25) is 24.5 Å². The van der Waals surface area contributed by atoms with Gasteiger partial charge in [-0.05, 0) is 61.2 Å². The third-order valence-electron chi connectivity index (χ3n) is 8.60. The number of benzene rings is 3. The van der Waals surface area contributed by atoms with Crippen LogP contribution in [0.25, 0.3) is 11.3 Å². The van der Waals surface area contributed by atoms with Crippen LogP contribution in [0.2, 0.25) is 0 Å². The summed E-state index contributed by atoms with van der Waals surface area (Å²) in [7, 11) is -3.73. The molecule has 14 nitrogen and oxygen atoms in total. The molecule has 1 saturated heterocycles. The van der Waals surface area contributed by atoms with Gasteiger partial charge in [0.25, 0.3) is 5.91 Å². The molecule has 3 aromatic carbocycles. The second-order valence-corrected chi connectivity index (χ2v) is 14.3. The lowest BCUT2D eigenvalue weighted by molar-refractivity contribution is -0.134. The minimum absolute atomic E-state index is 0.0238. The Balaban J connectivity index is 0.933. The molecule has 0 radical (unpaired) electrons. The Hall–Kier alpha value is -5.67. The van der Waals surface area contributed by atoms with E-state index in [1.807, 2.05) is 18.2 Å². The highest BCUT2D eigenvalue weighted by Gasteiger charge is 2.27. The molecule has 4 aromatic rings. The Labute approximate surface area is 308 Å². The van der Waals surface area contributed by atoms with Gasteiger partial charge in [0.05, 0.1) is 29.2 Å². The van der Waals surface area contributed by atoms with Crippen LogP contribution in [0.1, 0.15) is 73.3 Å². The molecule has 1 aromatic heterocycles. The van der Waals surface area contributed by atoms with Crippen LogP contribution in [0, 0.1) is 0 Å². The van der Waals surface area contributed by atoms with E-state index in [1.54, 1.807) is 48.5 Å². The van der Waals surface area contributed by atoms with Crippen LogP contribution < -0.4 is 31.1 Å². The largest absolute Gasteiger partial charge is 0.492 e. The molecule has 1 fully saturated rings. The van der Waals surface area contributed by atoms with Gasteiger partial charge in [-0.15, -0.1) is 0 Å². The normalized spacial score (nSPS) is 14.3. The van der Waals surface area contributed by atoms with Crippen LogP contribution in [0.3, 0.4) is 0 Å². The van der Waals surface area contributed by atoms with E-state index in [0.29, 0.717) is 61.5 Å². The van der Waals surface area contributed by atoms with Gasteiger partial charge >= 0.3 is 0 Å². The summed E-state index contributed by atoms with van der Waals surface area (Å²) in [6, 6.07) is 22.2. The Morgan fingerprint density at radius 1 is 0.887 bits per heavy atom. The average Bonchev–Trinajstić information content (AvgIpc) is 3.15. The number of rotatable bonds is 18. The number of ether oxygens (including phenoxy) is 1. The summed E-state index contributed by atoms with van der Waals surface area (Å²) < 4.78 is 34.0. The molecule has 0 saturated carbocycles. The van der Waals surface area contributed by atoms with E-state index < -0.39 is 15.9 Å². The maximum Gasteiger partial charge on any atom is 0.278 e. The number of hydrogen-bond acceptors (Lipinski definition) is 10. The SMILES string of the molecule is Nc1ncc(-c2ccc(S(=O)(=O)NCCCCCCCC(=O)NCCOc3ccc(C4CCC(=O)NC4=O)cc3)cc2)nc1C(=O)Nc1ccccc1. The highest BCUT2D eigenvalue weighted by molar-refractivity contribution is 7.89. The summed E-state index contributed by atoms with van der Waals surface area (Å²) in [5.74, 6) is -0.833. The topological polar surface area (TPSA) is 212 Å². The second kappa shape index (κ2) is 18.7. The van der Waals surface area contributed by atoms with Crippen molar-refractivity contribution in [2.24, 2.45) is 0 Å². The van der Waals surface area contributed by atoms with E-state index in [4.69, 9.17) is 10.5 Å². The molecular formula is C38H43N7O7S. The lowest BCUT2D eigenvalue weighted by atomic mass is 9.90. The molecule has 15 heteroatoms. The van der Waals surface area contributed by atoms with Gasteiger partial charge in [0.1, 0.15) is 12.4 Å². The summed E-state index contributed by atoms with van der Waals surface area (Å²) in [6.07, 6.45) is 6.55. The summed E-state index contributed by atoms with van der Waals surface area (Å²) >= 11 is 0. The Morgan fingerprint density at radius 3 is 2.34 bits per heavy atom. The molecule has 1 aliphatic rings. The predicted molar refractivity (Wildman–Crippen MR) is 199 cm³/mol. The van der Waals surface area contributed by atoms with E-state index >= 15 is 0 Å². The molecule has 4 amide bonds. The highest BCUT2D eigenvalue weighted by Crippen LogP contribution is 2.26. The summed E-state index contributed by atoms with van der Waals surface area (Å²) in [5, 5.41) is 7.94. The van der Waals surface area contributed by atoms with Gasteiger partial charge < -0.3 is 21.1 Å². The number of imide groups is 1. The number of nitrogens with zero attached hydrogens (tertiary/aromatic N) is 2. The molecule has 2 heterocycles. The monoisotopic (exact) mass is 741 g/mol. The number of sulfonamides is 1. The number of aromatic nitrogens is 2. The van der Waals surface area contributed by atoms with Gasteiger partial charge in [0.15, 0.2) is 11.5 Å². The standard InChI is InChI=1S/C38H43N7O7S/c39-36-35(38(49)43-28-9-5-4-6-10-28)44-32(25-41-36)27-14-18-30(19-15-27)53(50,51)42-22-8-3-1-2-7-11-33(46)40-23-24-52-29-16-12-26(13-17-29)31-20-21-34(47)45-37(31)48/h4-6,9-10,12-19,25,31,42H,1-3,7-8,11,20-24H2,(H2,39,41)(H,40,46)(H,43,49)(H,45,47,48). The number of nitrogen functional groups attached to an aromatic ring is 1. The maximum absolute atomic E-state index is 12.8. The van der Waals surface area contributed by atoms with Crippen LogP contribution in [-0.2, 0) is 24.4 Å². The Bertz CT molecular complexity index is 1990. The van der Waals surface area contributed by atoms with Crippen molar-refractivity contribution >= 4 is 45.2 Å². The van der Waals surface area contributed by atoms with Crippen molar-refractivity contribution in [2.75, 3.05) is 30.7 Å². The first-order chi connectivity index (χ1) is 25.6. The third kappa shape index (κ3) is 11.4. The van der Waals surface area contributed by atoms with Crippen molar-refractivity contribution in [1.82, 2.24) is 25.3 Å². The lowest BCUT2D eigenvalue weighted by Crippen LogP contribution is -2.39. The number of nitrogens with two attached hydrogens (primary N) is 1. The van der Waals surface area contributed by atoms with Crippen molar-refractivity contribution in [1.29, 1.82) is 0 Å². The smallest absolute Gasteiger partial charge is 0.278 e. The third-order valence-corrected chi connectivity index (χ3v) is 10.1. The van der Waals surface area contributed by atoms with Gasteiger partial charge in [0, 0.05) is 30.6 Å². The minimum Gasteiger partial charge on any atom is -0.492 e. The van der Waals surface area contributed by atoms with Crippen molar-refractivity contribution in [3.63, 3.8) is 0 Å². The Kier molecular flexibility index (Phi) is 13.6. The number of carbonyl (C=O) groups excluding carboxylic acids is 4. The van der Waals surface area contributed by atoms with E-state index in [-0.39, 0.29) is 46.6 Å². The molecule has 0 aliphatic carbocycles. The van der Waals surface area contributed by atoms with Crippen molar-refractivity contribution < 1.29 is 32.3 Å². The molecule has 0 bridgehead atoms. The maximum atomic E-state index is 12.8. The lowest BCUT2D eigenvalue weighted by Gasteiger charge is -2.21. The number of nitrogens with one attached hydrogen (secondary N) is 4. The number of unbranched alkanes of at least 4 members (excludes halogenated alkanes) is 4. The summed E-state index contributed by atoms with van der Waals surface area (Å²) in [6.45, 7) is 0.950. The van der Waals surface area contributed by atoms with Crippen LogP contribution in [0.5, 0.6) is 5.75 Å². The van der Waals surface area contributed by atoms with Crippen molar-refractivity contribution in [2.45, 2.75) is 62.2 Å². The zero-order valence-electron chi connectivity index (χ0n) is 29.2. The molecule has 1 aliphatic heterocycles. The molecule has 278 valence electrons. The van der Waals surface area contributed by atoms with Crippen molar-refractivity contribution in [3.05, 3.63) is 96.3 Å². The fraction of sp³-hybridized carbons (Fsp3) is 0.316. The fourth-order valence-corrected chi connectivity index (χ4v) is 6.78. The number of carbonyl (C=O) groups is 4. The molecule has 0 spiro atoms. The molecular weight excluding hydrogens is 699 g/mol. The van der Waals surface area contributed by atoms with Crippen LogP contribution >= 0.6 is 0 Å². The zero-order valence-corrected chi connectivity index (χ0v) is 30.0. The van der Waals surface area contributed by atoms with Gasteiger partial charge in [-0.1, -0.05) is 61.7 Å². The molecule has 5 rings (SSSR count). The predicted octanol–water partition coefficient (Wildman–Crippen LogP) is 4.31. The first kappa shape index (κ1) is 38.6. The quantitative estimate of drug-likeness (QED) is 0.0720. The fourth-order valence-electron chi connectivity index (χ4n) is 5.71. The van der Waals surface area contributed by atoms with E-state index in [2.05, 4.69) is 30.6 Å². The summed E-state index contributed by atoms with van der Waals surface area (Å²) in [5.41, 5.74) is 8.23. The van der Waals surface area contributed by atoms with E-state index in [1.165, 1.54) is 18.3 Å². The molecule has 1 atom stereocenters. The van der Waals surface area contributed by atoms with Crippen LogP contribution in [0.15, 0.2) is 90.0 Å². The average molecular weight is 742 g/mol. The zero-order chi connectivity index (χ0) is 37.6. The first-order valence-electron chi connectivity index (χ1n) is 17.5. The number of amides is 4. The number of piperidine rings is 1. The molecule has 1 unspecified atom stereocenters. The first-order valence-corrected chi connectivity index (χ1v) is 19.0. The van der Waals surface area contributed by atoms with Crippen molar-refractivity contribution in [3.8, 4) is 17.0 Å². The van der Waals surface area contributed by atoms with Gasteiger partial charge in [0.2, 0.25) is 27.7 Å². The van der Waals surface area contributed by atoms with E-state index in [9.17, 15) is 27.6 Å². The molecule has 53 heavy (non-hydrogen) atoms. The highest BCUT2D eigenvalue weighted by atomic mass is 32.2. The number of anilines is 2. The van der Waals surface area contributed by atoms with Gasteiger partial charge in [-0.2, -0.15) is 0 Å². The number of hydrogen-bond donors (Lipinski definition) is 5. The van der Waals surface area contributed by atoms with E-state index in [0.717, 1.165) is 31.2 Å². The molecule has 6 N–H and O–H groups in total. The van der Waals surface area contributed by atoms with Crippen LogP contribution in [0.4, 0.5) is 11.5 Å². The minimum atomic E-state index is -3.73. The second-order valence-electron chi connectivity index (χ2n) is 12.5. The van der Waals surface area contributed by atoms with Crippen LogP contribution in [-0.4, -0.2) is 61.7 Å². The Morgan fingerprint density at radius 2 is 1.60 bits per heavy atom.